The lowest BCUT2D eigenvalue weighted by Gasteiger charge is -2.08. The summed E-state index contributed by atoms with van der Waals surface area (Å²) in [4.78, 5) is 13.7. The number of pyridine rings is 1. The van der Waals surface area contributed by atoms with Gasteiger partial charge in [-0.2, -0.15) is 9.37 Å². The number of halogens is 3. The van der Waals surface area contributed by atoms with Gasteiger partial charge < -0.3 is 9.84 Å². The van der Waals surface area contributed by atoms with E-state index in [1.54, 1.807) is 0 Å². The van der Waals surface area contributed by atoms with Crippen molar-refractivity contribution in [2.24, 2.45) is 0 Å². The first kappa shape index (κ1) is 11.3. The maximum atomic E-state index is 12.7. The van der Waals surface area contributed by atoms with Crippen LogP contribution in [0.15, 0.2) is 6.07 Å². The zero-order chi connectivity index (χ0) is 11.6. The van der Waals surface area contributed by atoms with E-state index >= 15 is 0 Å². The number of hydrogen-bond donors (Lipinski definition) is 1. The van der Waals surface area contributed by atoms with Gasteiger partial charge in [0.2, 0.25) is 11.8 Å². The molecule has 0 aliphatic carbocycles. The number of aromatic carboxylic acids is 1. The number of carboxylic acid groups (broad SMARTS) is 1. The lowest BCUT2D eigenvalue weighted by Crippen LogP contribution is -2.09. The molecule has 0 aliphatic heterocycles. The molecular weight excluding hydrogens is 215 g/mol. The number of nitrogens with zero attached hydrogens (tertiary/aromatic N) is 1. The van der Waals surface area contributed by atoms with Crippen LogP contribution < -0.4 is 4.74 Å². The number of alkyl halides is 2. The summed E-state index contributed by atoms with van der Waals surface area (Å²) in [5.41, 5.74) is -1.78. The zero-order valence-electron chi connectivity index (χ0n) is 7.50. The molecule has 4 nitrogen and oxygen atoms in total. The molecule has 1 aromatic rings. The molecule has 1 rings (SSSR count). The van der Waals surface area contributed by atoms with Crippen molar-refractivity contribution in [3.63, 3.8) is 0 Å². The van der Waals surface area contributed by atoms with E-state index in [2.05, 4.69) is 9.72 Å². The molecule has 0 spiro atoms. The van der Waals surface area contributed by atoms with E-state index < -0.39 is 35.3 Å². The molecule has 0 unspecified atom stereocenters. The summed E-state index contributed by atoms with van der Waals surface area (Å²) in [6.07, 6.45) is -3.11. The predicted molar refractivity (Wildman–Crippen MR) is 42.7 cm³/mol. The Balaban J connectivity index is 3.47. The first-order valence-electron chi connectivity index (χ1n) is 3.73. The van der Waals surface area contributed by atoms with Crippen molar-refractivity contribution in [3.8, 4) is 5.88 Å². The second-order valence-electron chi connectivity index (χ2n) is 2.52. The molecule has 0 bridgehead atoms. The molecular formula is C8H6F3NO3. The lowest BCUT2D eigenvalue weighted by atomic mass is 10.1. The van der Waals surface area contributed by atoms with Crippen LogP contribution in [0.2, 0.25) is 0 Å². The van der Waals surface area contributed by atoms with E-state index in [9.17, 15) is 18.0 Å². The first-order chi connectivity index (χ1) is 6.97. The average molecular weight is 221 g/mol. The number of carboxylic acids is 1. The highest BCUT2D eigenvalue weighted by molar-refractivity contribution is 5.92. The topological polar surface area (TPSA) is 59.4 Å². The van der Waals surface area contributed by atoms with Gasteiger partial charge in [-0.25, -0.2) is 13.6 Å². The van der Waals surface area contributed by atoms with Gasteiger partial charge in [-0.3, -0.25) is 0 Å². The summed E-state index contributed by atoms with van der Waals surface area (Å²) in [6.45, 7) is 0. The normalized spacial score (nSPS) is 10.5. The number of rotatable bonds is 3. The maximum absolute atomic E-state index is 12.7. The van der Waals surface area contributed by atoms with Crippen LogP contribution in [-0.4, -0.2) is 23.2 Å². The standard InChI is InChI=1S/C8H6F3NO3/c1-15-7-5(8(13)14)3(6(10)11)2-4(9)12-7/h2,6H,1H3,(H,13,14). The largest absolute Gasteiger partial charge is 0.480 e. The van der Waals surface area contributed by atoms with E-state index in [0.29, 0.717) is 6.07 Å². The zero-order valence-corrected chi connectivity index (χ0v) is 7.50. The van der Waals surface area contributed by atoms with Crippen molar-refractivity contribution in [1.29, 1.82) is 0 Å². The van der Waals surface area contributed by atoms with Crippen molar-refractivity contribution in [1.82, 2.24) is 4.98 Å². The van der Waals surface area contributed by atoms with Gasteiger partial charge in [0, 0.05) is 11.6 Å². The SMILES string of the molecule is COc1nc(F)cc(C(F)F)c1C(=O)O. The van der Waals surface area contributed by atoms with Crippen LogP contribution in [-0.2, 0) is 0 Å². The lowest BCUT2D eigenvalue weighted by molar-refractivity contribution is 0.0678. The number of methoxy groups -OCH3 is 1. The Labute approximate surface area is 82.3 Å². The van der Waals surface area contributed by atoms with E-state index in [-0.39, 0.29) is 0 Å². The molecule has 1 heterocycles. The first-order valence-corrected chi connectivity index (χ1v) is 3.73. The summed E-state index contributed by atoms with van der Waals surface area (Å²) in [7, 11) is 1.02. The minimum absolute atomic E-state index is 0.372. The molecule has 0 atom stereocenters. The highest BCUT2D eigenvalue weighted by Crippen LogP contribution is 2.28. The number of ether oxygens (including phenoxy) is 1. The minimum Gasteiger partial charge on any atom is -0.480 e. The molecule has 15 heavy (non-hydrogen) atoms. The fourth-order valence-corrected chi connectivity index (χ4v) is 1.04. The number of aromatic nitrogens is 1. The second kappa shape index (κ2) is 4.16. The molecule has 0 fully saturated rings. The highest BCUT2D eigenvalue weighted by Gasteiger charge is 2.25. The Morgan fingerprint density at radius 1 is 1.60 bits per heavy atom. The Morgan fingerprint density at radius 3 is 2.60 bits per heavy atom. The Morgan fingerprint density at radius 2 is 2.20 bits per heavy atom. The third-order valence-corrected chi connectivity index (χ3v) is 1.63. The summed E-state index contributed by atoms with van der Waals surface area (Å²) in [5.74, 6) is -3.53. The Kier molecular flexibility index (Phi) is 3.13. The van der Waals surface area contributed by atoms with Gasteiger partial charge in [-0.1, -0.05) is 0 Å². The second-order valence-corrected chi connectivity index (χ2v) is 2.52. The van der Waals surface area contributed by atoms with Crippen molar-refractivity contribution in [3.05, 3.63) is 23.1 Å². The monoisotopic (exact) mass is 221 g/mol. The maximum Gasteiger partial charge on any atom is 0.341 e. The van der Waals surface area contributed by atoms with Crippen LogP contribution in [0.1, 0.15) is 22.3 Å². The van der Waals surface area contributed by atoms with Gasteiger partial charge in [-0.05, 0) is 0 Å². The third kappa shape index (κ3) is 2.17. The quantitative estimate of drug-likeness (QED) is 0.791. The van der Waals surface area contributed by atoms with Gasteiger partial charge in [-0.15, -0.1) is 0 Å². The van der Waals surface area contributed by atoms with E-state index in [4.69, 9.17) is 5.11 Å². The molecule has 0 radical (unpaired) electrons. The Bertz CT molecular complexity index is 395. The summed E-state index contributed by atoms with van der Waals surface area (Å²) < 4.78 is 41.9. The van der Waals surface area contributed by atoms with Crippen LogP contribution in [0.4, 0.5) is 13.2 Å². The molecule has 82 valence electrons. The summed E-state index contributed by atoms with van der Waals surface area (Å²) in [6, 6.07) is 0.372. The number of carbonyl (C=O) groups is 1. The van der Waals surface area contributed by atoms with Crippen LogP contribution >= 0.6 is 0 Å². The van der Waals surface area contributed by atoms with Gasteiger partial charge in [0.1, 0.15) is 5.56 Å². The van der Waals surface area contributed by atoms with Crippen molar-refractivity contribution in [2.75, 3.05) is 7.11 Å². The molecule has 0 saturated heterocycles. The van der Waals surface area contributed by atoms with Crippen LogP contribution in [0.25, 0.3) is 0 Å². The molecule has 0 aromatic carbocycles. The van der Waals surface area contributed by atoms with Crippen molar-refractivity contribution in [2.45, 2.75) is 6.43 Å². The van der Waals surface area contributed by atoms with Crippen molar-refractivity contribution >= 4 is 5.97 Å². The van der Waals surface area contributed by atoms with Gasteiger partial charge >= 0.3 is 5.97 Å². The van der Waals surface area contributed by atoms with Gasteiger partial charge in [0.05, 0.1) is 7.11 Å². The summed E-state index contributed by atoms with van der Waals surface area (Å²) in [5, 5.41) is 8.64. The van der Waals surface area contributed by atoms with Crippen molar-refractivity contribution < 1.29 is 27.8 Å². The Hall–Kier alpha value is -1.79. The smallest absolute Gasteiger partial charge is 0.341 e. The average Bonchev–Trinajstić information content (AvgIpc) is 2.15. The predicted octanol–water partition coefficient (Wildman–Crippen LogP) is 1.87. The third-order valence-electron chi connectivity index (χ3n) is 1.63. The summed E-state index contributed by atoms with van der Waals surface area (Å²) >= 11 is 0. The fraction of sp³-hybridized carbons (Fsp3) is 0.250. The fourth-order valence-electron chi connectivity index (χ4n) is 1.04. The van der Waals surface area contributed by atoms with Crippen LogP contribution in [0.5, 0.6) is 5.88 Å². The molecule has 7 heteroatoms. The van der Waals surface area contributed by atoms with E-state index in [0.717, 1.165) is 7.11 Å². The van der Waals surface area contributed by atoms with E-state index in [1.165, 1.54) is 0 Å². The molecule has 0 amide bonds. The highest BCUT2D eigenvalue weighted by atomic mass is 19.3. The molecule has 0 aliphatic rings. The molecule has 1 aromatic heterocycles. The van der Waals surface area contributed by atoms with E-state index in [1.807, 2.05) is 0 Å². The molecule has 0 saturated carbocycles. The van der Waals surface area contributed by atoms with Gasteiger partial charge in [0.15, 0.2) is 0 Å². The van der Waals surface area contributed by atoms with Crippen LogP contribution in [0.3, 0.4) is 0 Å². The minimum atomic E-state index is -3.11. The van der Waals surface area contributed by atoms with Crippen LogP contribution in [0, 0.1) is 5.95 Å². The van der Waals surface area contributed by atoms with Gasteiger partial charge in [0.25, 0.3) is 6.43 Å². The molecule has 1 N–H and O–H groups in total. The number of hydrogen-bond acceptors (Lipinski definition) is 3.